The molecule has 1 fully saturated rings. The Labute approximate surface area is 125 Å². The minimum Gasteiger partial charge on any atom is -0.444 e. The third-order valence-electron chi connectivity index (χ3n) is 3.21. The molecule has 2 rings (SSSR count). The van der Waals surface area contributed by atoms with Crippen molar-refractivity contribution in [3.05, 3.63) is 23.9 Å². The lowest BCUT2D eigenvalue weighted by Crippen LogP contribution is -2.50. The largest absolute Gasteiger partial charge is 0.444 e. The highest BCUT2D eigenvalue weighted by Crippen LogP contribution is 2.16. The Bertz CT molecular complexity index is 491. The number of nitrogens with zero attached hydrogens (tertiary/aromatic N) is 3. The molecule has 0 unspecified atom stereocenters. The summed E-state index contributed by atoms with van der Waals surface area (Å²) in [5.74, 6) is 0.838. The van der Waals surface area contributed by atoms with E-state index in [-0.39, 0.29) is 12.7 Å². The highest BCUT2D eigenvalue weighted by Gasteiger charge is 2.26. The van der Waals surface area contributed by atoms with Gasteiger partial charge in [0.2, 0.25) is 0 Å². The predicted octanol–water partition coefficient (Wildman–Crippen LogP) is 1.63. The van der Waals surface area contributed by atoms with Gasteiger partial charge in [-0.3, -0.25) is 0 Å². The molecule has 0 aliphatic carbocycles. The summed E-state index contributed by atoms with van der Waals surface area (Å²) in [4.78, 5) is 20.2. The molecule has 0 saturated carbocycles. The highest BCUT2D eigenvalue weighted by atomic mass is 16.6. The maximum atomic E-state index is 12.0. The molecular weight excluding hydrogens is 270 g/mol. The van der Waals surface area contributed by atoms with E-state index in [9.17, 15) is 4.79 Å². The fourth-order valence-electron chi connectivity index (χ4n) is 2.18. The molecule has 0 spiro atoms. The summed E-state index contributed by atoms with van der Waals surface area (Å²) in [6, 6.07) is 5.59. The molecule has 6 nitrogen and oxygen atoms in total. The van der Waals surface area contributed by atoms with Crippen LogP contribution in [0.2, 0.25) is 0 Å². The van der Waals surface area contributed by atoms with Gasteiger partial charge in [0.1, 0.15) is 11.4 Å². The van der Waals surface area contributed by atoms with Crippen LogP contribution in [-0.4, -0.2) is 52.9 Å². The van der Waals surface area contributed by atoms with E-state index >= 15 is 0 Å². The lowest BCUT2D eigenvalue weighted by atomic mass is 10.2. The molecule has 2 heterocycles. The lowest BCUT2D eigenvalue weighted by Gasteiger charge is -2.36. The number of aromatic nitrogens is 1. The summed E-state index contributed by atoms with van der Waals surface area (Å²) in [5.41, 5.74) is 0.188. The second-order valence-corrected chi connectivity index (χ2v) is 6.10. The van der Waals surface area contributed by atoms with E-state index < -0.39 is 5.60 Å². The van der Waals surface area contributed by atoms with Gasteiger partial charge in [0.25, 0.3) is 0 Å². The number of carbonyl (C=O) groups excluding carboxylic acids is 1. The number of ether oxygens (including phenoxy) is 1. The van der Waals surface area contributed by atoms with Crippen LogP contribution in [0.25, 0.3) is 0 Å². The Morgan fingerprint density at radius 3 is 2.52 bits per heavy atom. The summed E-state index contributed by atoms with van der Waals surface area (Å²) in [7, 11) is 0. The fraction of sp³-hybridized carbons (Fsp3) is 0.600. The predicted molar refractivity (Wildman–Crippen MR) is 80.2 cm³/mol. The number of aliphatic hydroxyl groups excluding tert-OH is 1. The summed E-state index contributed by atoms with van der Waals surface area (Å²) in [6.07, 6.45) is -0.265. The minimum absolute atomic E-state index is 0.0638. The highest BCUT2D eigenvalue weighted by molar-refractivity contribution is 5.68. The summed E-state index contributed by atoms with van der Waals surface area (Å²) in [5, 5.41) is 9.13. The van der Waals surface area contributed by atoms with Crippen LogP contribution in [0.1, 0.15) is 26.5 Å². The Hall–Kier alpha value is -1.82. The Kier molecular flexibility index (Phi) is 4.67. The number of anilines is 1. The van der Waals surface area contributed by atoms with Gasteiger partial charge in [-0.05, 0) is 32.9 Å². The van der Waals surface area contributed by atoms with Gasteiger partial charge in [-0.15, -0.1) is 0 Å². The molecule has 0 bridgehead atoms. The van der Waals surface area contributed by atoms with Gasteiger partial charge >= 0.3 is 6.09 Å². The third kappa shape index (κ3) is 4.32. The van der Waals surface area contributed by atoms with Crippen molar-refractivity contribution in [1.82, 2.24) is 9.88 Å². The third-order valence-corrected chi connectivity index (χ3v) is 3.21. The molecule has 1 saturated heterocycles. The first kappa shape index (κ1) is 15.6. The minimum atomic E-state index is -0.467. The number of piperazine rings is 1. The van der Waals surface area contributed by atoms with Gasteiger partial charge in [0, 0.05) is 26.2 Å². The SMILES string of the molecule is CC(C)(C)OC(=O)N1CCN(c2cccc(CO)n2)CC1. The van der Waals surface area contributed by atoms with Crippen LogP contribution < -0.4 is 4.90 Å². The van der Waals surface area contributed by atoms with Crippen LogP contribution in [0.15, 0.2) is 18.2 Å². The number of hydrogen-bond acceptors (Lipinski definition) is 5. The van der Waals surface area contributed by atoms with Crippen molar-refractivity contribution < 1.29 is 14.6 Å². The fourth-order valence-corrected chi connectivity index (χ4v) is 2.18. The number of hydrogen-bond donors (Lipinski definition) is 1. The molecule has 1 aliphatic heterocycles. The summed E-state index contributed by atoms with van der Waals surface area (Å²) >= 11 is 0. The van der Waals surface area contributed by atoms with Crippen molar-refractivity contribution in [1.29, 1.82) is 0 Å². The molecule has 1 aliphatic rings. The number of pyridine rings is 1. The van der Waals surface area contributed by atoms with Crippen LogP contribution >= 0.6 is 0 Å². The topological polar surface area (TPSA) is 65.9 Å². The maximum absolute atomic E-state index is 12.0. The summed E-state index contributed by atoms with van der Waals surface area (Å²) < 4.78 is 5.37. The van der Waals surface area contributed by atoms with Crippen LogP contribution in [0.4, 0.5) is 10.6 Å². The van der Waals surface area contributed by atoms with Crippen molar-refractivity contribution in [3.63, 3.8) is 0 Å². The van der Waals surface area contributed by atoms with E-state index in [1.165, 1.54) is 0 Å². The average molecular weight is 293 g/mol. The summed E-state index contributed by atoms with van der Waals surface area (Å²) in [6.45, 7) is 8.18. The van der Waals surface area contributed by atoms with Gasteiger partial charge in [0.15, 0.2) is 0 Å². The van der Waals surface area contributed by atoms with Crippen LogP contribution in [0.3, 0.4) is 0 Å². The first-order valence-electron chi connectivity index (χ1n) is 7.19. The van der Waals surface area contributed by atoms with E-state index in [0.29, 0.717) is 31.9 Å². The molecule has 1 aromatic heterocycles. The molecular formula is C15H23N3O3. The molecule has 0 radical (unpaired) electrons. The quantitative estimate of drug-likeness (QED) is 0.898. The van der Waals surface area contributed by atoms with Crippen molar-refractivity contribution in [2.75, 3.05) is 31.1 Å². The number of amides is 1. The van der Waals surface area contributed by atoms with Crippen molar-refractivity contribution in [2.24, 2.45) is 0 Å². The van der Waals surface area contributed by atoms with Gasteiger partial charge in [-0.25, -0.2) is 9.78 Å². The monoisotopic (exact) mass is 293 g/mol. The Balaban J connectivity index is 1.92. The number of carbonyl (C=O) groups is 1. The molecule has 1 amide bonds. The normalized spacial score (nSPS) is 16.0. The molecule has 1 N–H and O–H groups in total. The van der Waals surface area contributed by atoms with Crippen molar-refractivity contribution >= 4 is 11.9 Å². The van der Waals surface area contributed by atoms with E-state index in [0.717, 1.165) is 5.82 Å². The van der Waals surface area contributed by atoms with E-state index in [2.05, 4.69) is 9.88 Å². The molecule has 6 heteroatoms. The smallest absolute Gasteiger partial charge is 0.410 e. The first-order valence-corrected chi connectivity index (χ1v) is 7.19. The Morgan fingerprint density at radius 1 is 1.29 bits per heavy atom. The lowest BCUT2D eigenvalue weighted by molar-refractivity contribution is 0.0240. The second-order valence-electron chi connectivity index (χ2n) is 6.10. The van der Waals surface area contributed by atoms with Crippen LogP contribution in [0, 0.1) is 0 Å². The first-order chi connectivity index (χ1) is 9.89. The zero-order valence-corrected chi connectivity index (χ0v) is 12.9. The molecule has 21 heavy (non-hydrogen) atoms. The molecule has 116 valence electrons. The maximum Gasteiger partial charge on any atom is 0.410 e. The van der Waals surface area contributed by atoms with Gasteiger partial charge in [0.05, 0.1) is 12.3 Å². The number of aliphatic hydroxyl groups is 1. The van der Waals surface area contributed by atoms with Crippen LogP contribution in [0.5, 0.6) is 0 Å². The zero-order chi connectivity index (χ0) is 15.5. The van der Waals surface area contributed by atoms with Crippen molar-refractivity contribution in [3.8, 4) is 0 Å². The van der Waals surface area contributed by atoms with Gasteiger partial charge in [-0.2, -0.15) is 0 Å². The molecule has 0 aromatic carbocycles. The van der Waals surface area contributed by atoms with E-state index in [4.69, 9.17) is 9.84 Å². The Morgan fingerprint density at radius 2 is 1.95 bits per heavy atom. The standard InChI is InChI=1S/C15H23N3O3/c1-15(2,3)21-14(20)18-9-7-17(8-10-18)13-6-4-5-12(11-19)16-13/h4-6,19H,7-11H2,1-3H3. The van der Waals surface area contributed by atoms with Crippen molar-refractivity contribution in [2.45, 2.75) is 33.0 Å². The van der Waals surface area contributed by atoms with E-state index in [1.807, 2.05) is 32.9 Å². The second kappa shape index (κ2) is 6.30. The molecule has 1 aromatic rings. The molecule has 0 atom stereocenters. The number of rotatable bonds is 2. The van der Waals surface area contributed by atoms with Gasteiger partial charge in [-0.1, -0.05) is 6.07 Å². The van der Waals surface area contributed by atoms with E-state index in [1.54, 1.807) is 11.0 Å². The van der Waals surface area contributed by atoms with Crippen LogP contribution in [-0.2, 0) is 11.3 Å². The van der Waals surface area contributed by atoms with Gasteiger partial charge < -0.3 is 19.6 Å². The zero-order valence-electron chi connectivity index (χ0n) is 12.9. The average Bonchev–Trinajstić information content (AvgIpc) is 2.46.